The van der Waals surface area contributed by atoms with Crippen LogP contribution in [0, 0.1) is 5.92 Å². The lowest BCUT2D eigenvalue weighted by Gasteiger charge is -2.38. The van der Waals surface area contributed by atoms with Gasteiger partial charge in [0.15, 0.2) is 9.84 Å². The van der Waals surface area contributed by atoms with Gasteiger partial charge in [-0.15, -0.1) is 0 Å². The fourth-order valence-corrected chi connectivity index (χ4v) is 4.49. The summed E-state index contributed by atoms with van der Waals surface area (Å²) in [6.45, 7) is 6.64. The molecule has 0 radical (unpaired) electrons. The van der Waals surface area contributed by atoms with E-state index in [4.69, 9.17) is 4.74 Å². The highest BCUT2D eigenvalue weighted by Gasteiger charge is 2.39. The van der Waals surface area contributed by atoms with Crippen LogP contribution in [0.5, 0.6) is 5.75 Å². The molecule has 1 aliphatic rings. The minimum Gasteiger partial charge on any atom is -0.492 e. The maximum atomic E-state index is 12.2. The van der Waals surface area contributed by atoms with Crippen molar-refractivity contribution >= 4 is 21.6 Å². The number of benzene rings is 1. The Balaban J connectivity index is 1.93. The molecule has 2 rings (SSSR count). The lowest BCUT2D eigenvalue weighted by Crippen LogP contribution is -2.58. The van der Waals surface area contributed by atoms with Crippen LogP contribution in [0.2, 0.25) is 0 Å². The minimum absolute atomic E-state index is 0.0981. The first-order chi connectivity index (χ1) is 10.8. The Kier molecular flexibility index (Phi) is 5.51. The van der Waals surface area contributed by atoms with Gasteiger partial charge >= 0.3 is 6.03 Å². The molecule has 2 amide bonds. The van der Waals surface area contributed by atoms with Crippen molar-refractivity contribution < 1.29 is 17.9 Å². The number of hydrogen-bond acceptors (Lipinski definition) is 4. The molecule has 23 heavy (non-hydrogen) atoms. The maximum Gasteiger partial charge on any atom is 0.322 e. The molecular formula is C16H24N2O4S. The number of likely N-dealkylation sites (tertiary alicyclic amines) is 1. The molecule has 1 aromatic rings. The Labute approximate surface area is 137 Å². The van der Waals surface area contributed by atoms with Crippen molar-refractivity contribution in [1.29, 1.82) is 0 Å². The lowest BCUT2D eigenvalue weighted by molar-refractivity contribution is 0.182. The van der Waals surface area contributed by atoms with Crippen molar-refractivity contribution in [3.8, 4) is 5.75 Å². The fraction of sp³-hybridized carbons (Fsp3) is 0.562. The molecular weight excluding hydrogens is 316 g/mol. The zero-order chi connectivity index (χ0) is 17.0. The molecule has 128 valence electrons. The molecule has 0 bridgehead atoms. The maximum absolute atomic E-state index is 12.2. The Hall–Kier alpha value is -1.76. The molecule has 1 N–H and O–H groups in total. The van der Waals surface area contributed by atoms with Crippen LogP contribution in [0.4, 0.5) is 10.5 Å². The number of carbonyl (C=O) groups excluding carboxylic acids is 1. The minimum atomic E-state index is -3.13. The van der Waals surface area contributed by atoms with E-state index in [0.29, 0.717) is 18.0 Å². The molecule has 0 spiro atoms. The second kappa shape index (κ2) is 7.21. The van der Waals surface area contributed by atoms with Crippen LogP contribution in [0.1, 0.15) is 20.8 Å². The molecule has 0 atom stereocenters. The van der Waals surface area contributed by atoms with Gasteiger partial charge in [-0.1, -0.05) is 26.0 Å². The van der Waals surface area contributed by atoms with Gasteiger partial charge in [-0.25, -0.2) is 13.2 Å². The molecule has 1 aromatic carbocycles. The number of sulfone groups is 1. The number of rotatable bonds is 6. The number of para-hydroxylation sites is 2. The van der Waals surface area contributed by atoms with Gasteiger partial charge in [0.25, 0.3) is 0 Å². The van der Waals surface area contributed by atoms with Crippen molar-refractivity contribution in [2.24, 2.45) is 5.92 Å². The standard InChI is InChI=1S/C16H24N2O4S/c1-4-22-15-8-6-5-7-14(15)17-16(19)18-9-13(10-18)23(20,21)11-12(2)3/h5-8,12-13H,4,9-11H2,1-3H3,(H,17,19). The molecule has 1 aliphatic heterocycles. The largest absolute Gasteiger partial charge is 0.492 e. The number of urea groups is 1. The van der Waals surface area contributed by atoms with E-state index in [1.807, 2.05) is 32.9 Å². The molecule has 0 unspecified atom stereocenters. The van der Waals surface area contributed by atoms with Crippen molar-refractivity contribution in [2.75, 3.05) is 30.8 Å². The number of nitrogens with zero attached hydrogens (tertiary/aromatic N) is 1. The van der Waals surface area contributed by atoms with Crippen LogP contribution in [-0.2, 0) is 9.84 Å². The van der Waals surface area contributed by atoms with E-state index in [-0.39, 0.29) is 30.8 Å². The monoisotopic (exact) mass is 340 g/mol. The molecule has 0 aromatic heterocycles. The van der Waals surface area contributed by atoms with E-state index in [1.165, 1.54) is 4.90 Å². The summed E-state index contributed by atoms with van der Waals surface area (Å²) in [4.78, 5) is 13.7. The molecule has 0 aliphatic carbocycles. The highest BCUT2D eigenvalue weighted by molar-refractivity contribution is 7.92. The number of carbonyl (C=O) groups is 1. The number of anilines is 1. The van der Waals surface area contributed by atoms with Crippen LogP contribution >= 0.6 is 0 Å². The summed E-state index contributed by atoms with van der Waals surface area (Å²) in [6.07, 6.45) is 0. The average Bonchev–Trinajstić information content (AvgIpc) is 2.37. The second-order valence-corrected chi connectivity index (χ2v) is 8.44. The Morgan fingerprint density at radius 2 is 2.00 bits per heavy atom. The second-order valence-electron chi connectivity index (χ2n) is 6.11. The molecule has 6 nitrogen and oxygen atoms in total. The first-order valence-electron chi connectivity index (χ1n) is 7.82. The first kappa shape index (κ1) is 17.6. The van der Waals surface area contributed by atoms with E-state index in [9.17, 15) is 13.2 Å². The van der Waals surface area contributed by atoms with Gasteiger partial charge in [0.1, 0.15) is 5.75 Å². The van der Waals surface area contributed by atoms with Gasteiger partial charge in [0, 0.05) is 13.1 Å². The van der Waals surface area contributed by atoms with E-state index < -0.39 is 15.1 Å². The summed E-state index contributed by atoms with van der Waals surface area (Å²) in [7, 11) is -3.13. The van der Waals surface area contributed by atoms with Crippen molar-refractivity contribution in [3.63, 3.8) is 0 Å². The molecule has 7 heteroatoms. The molecule has 1 saturated heterocycles. The highest BCUT2D eigenvalue weighted by Crippen LogP contribution is 2.25. The van der Waals surface area contributed by atoms with Gasteiger partial charge in [-0.2, -0.15) is 0 Å². The number of hydrogen-bond donors (Lipinski definition) is 1. The normalized spacial score (nSPS) is 15.4. The highest BCUT2D eigenvalue weighted by atomic mass is 32.2. The van der Waals surface area contributed by atoms with E-state index in [2.05, 4.69) is 5.32 Å². The van der Waals surface area contributed by atoms with Gasteiger partial charge < -0.3 is 15.0 Å². The Morgan fingerprint density at radius 1 is 1.35 bits per heavy atom. The van der Waals surface area contributed by atoms with Crippen LogP contribution in [0.15, 0.2) is 24.3 Å². The van der Waals surface area contributed by atoms with Crippen molar-refractivity contribution in [1.82, 2.24) is 4.90 Å². The van der Waals surface area contributed by atoms with E-state index in [1.54, 1.807) is 12.1 Å². The van der Waals surface area contributed by atoms with Gasteiger partial charge in [0.05, 0.1) is 23.3 Å². The van der Waals surface area contributed by atoms with Crippen molar-refractivity contribution in [2.45, 2.75) is 26.0 Å². The van der Waals surface area contributed by atoms with E-state index in [0.717, 1.165) is 0 Å². The summed E-state index contributed by atoms with van der Waals surface area (Å²) in [5, 5.41) is 2.33. The first-order valence-corrected chi connectivity index (χ1v) is 9.54. The third-order valence-corrected chi connectivity index (χ3v) is 6.08. The number of ether oxygens (including phenoxy) is 1. The summed E-state index contributed by atoms with van der Waals surface area (Å²) >= 11 is 0. The van der Waals surface area contributed by atoms with Gasteiger partial charge in [0.2, 0.25) is 0 Å². The molecule has 0 saturated carbocycles. The Bertz CT molecular complexity index is 652. The smallest absolute Gasteiger partial charge is 0.322 e. The summed E-state index contributed by atoms with van der Waals surface area (Å²) in [5.41, 5.74) is 0.591. The summed E-state index contributed by atoms with van der Waals surface area (Å²) in [6, 6.07) is 6.89. The summed E-state index contributed by atoms with van der Waals surface area (Å²) < 4.78 is 29.7. The molecule has 1 heterocycles. The van der Waals surface area contributed by atoms with Crippen molar-refractivity contribution in [3.05, 3.63) is 24.3 Å². The average molecular weight is 340 g/mol. The Morgan fingerprint density at radius 3 is 2.61 bits per heavy atom. The van der Waals surface area contributed by atoms with Crippen LogP contribution in [-0.4, -0.2) is 50.0 Å². The zero-order valence-corrected chi connectivity index (χ0v) is 14.6. The zero-order valence-electron chi connectivity index (χ0n) is 13.8. The van der Waals surface area contributed by atoms with Gasteiger partial charge in [-0.05, 0) is 25.0 Å². The fourth-order valence-electron chi connectivity index (χ4n) is 2.48. The third kappa shape index (κ3) is 4.37. The van der Waals surface area contributed by atoms with Crippen LogP contribution in [0.25, 0.3) is 0 Å². The summed E-state index contributed by atoms with van der Waals surface area (Å²) in [5.74, 6) is 0.870. The van der Waals surface area contributed by atoms with Crippen LogP contribution < -0.4 is 10.1 Å². The predicted octanol–water partition coefficient (Wildman–Crippen LogP) is 2.37. The SMILES string of the molecule is CCOc1ccccc1NC(=O)N1CC(S(=O)(=O)CC(C)C)C1. The number of amides is 2. The van der Waals surface area contributed by atoms with Gasteiger partial charge in [-0.3, -0.25) is 0 Å². The number of nitrogens with one attached hydrogen (secondary N) is 1. The predicted molar refractivity (Wildman–Crippen MR) is 90.6 cm³/mol. The quantitative estimate of drug-likeness (QED) is 0.862. The lowest BCUT2D eigenvalue weighted by atomic mass is 10.2. The topological polar surface area (TPSA) is 75.7 Å². The van der Waals surface area contributed by atoms with E-state index >= 15 is 0 Å². The van der Waals surface area contributed by atoms with Crippen LogP contribution in [0.3, 0.4) is 0 Å². The third-order valence-electron chi connectivity index (χ3n) is 3.64. The molecule has 1 fully saturated rings.